The zero-order chi connectivity index (χ0) is 25.6. The summed E-state index contributed by atoms with van der Waals surface area (Å²) >= 11 is 12.1. The second kappa shape index (κ2) is 9.00. The minimum Gasteiger partial charge on any atom is -0.267 e. The zero-order valence-corrected chi connectivity index (χ0v) is 19.7. The third-order valence-electron chi connectivity index (χ3n) is 5.69. The minimum absolute atomic E-state index is 0.166. The molecule has 36 heavy (non-hydrogen) atoms. The molecule has 0 saturated carbocycles. The maximum atomic E-state index is 13.9. The molecule has 11 heteroatoms. The zero-order valence-electron chi connectivity index (χ0n) is 18.2. The van der Waals surface area contributed by atoms with Gasteiger partial charge in [0.2, 0.25) is 0 Å². The molecule has 3 aromatic carbocycles. The van der Waals surface area contributed by atoms with Crippen LogP contribution in [0.3, 0.4) is 0 Å². The number of nitrogens with one attached hydrogen (secondary N) is 1. The van der Waals surface area contributed by atoms with Crippen molar-refractivity contribution in [3.63, 3.8) is 0 Å². The summed E-state index contributed by atoms with van der Waals surface area (Å²) in [5.74, 6) is 0. The monoisotopic (exact) mass is 530 g/mol. The van der Waals surface area contributed by atoms with Crippen molar-refractivity contribution in [2.24, 2.45) is 0 Å². The summed E-state index contributed by atoms with van der Waals surface area (Å²) in [6.45, 7) is -0.172. The average molecular weight is 531 g/mol. The second-order valence-electron chi connectivity index (χ2n) is 7.99. The normalized spacial score (nSPS) is 11.8. The van der Waals surface area contributed by atoms with Gasteiger partial charge in [0.1, 0.15) is 0 Å². The van der Waals surface area contributed by atoms with E-state index < -0.39 is 23.0 Å². The lowest BCUT2D eigenvalue weighted by Gasteiger charge is -2.16. The quantitative estimate of drug-likeness (QED) is 0.314. The Hall–Kier alpha value is -3.82. The topological polar surface area (TPSA) is 72.2 Å². The van der Waals surface area contributed by atoms with Crippen molar-refractivity contribution in [1.29, 1.82) is 0 Å². The fraction of sp³-hybridized carbons (Fsp3) is 0.0800. The molecular formula is C25H15Cl2F3N4O2. The first-order chi connectivity index (χ1) is 17.1. The first kappa shape index (κ1) is 23.9. The Morgan fingerprint density at radius 1 is 0.778 bits per heavy atom. The lowest BCUT2D eigenvalue weighted by Crippen LogP contribution is -2.33. The van der Waals surface area contributed by atoms with Crippen LogP contribution < -0.4 is 11.2 Å². The maximum Gasteiger partial charge on any atom is 0.416 e. The van der Waals surface area contributed by atoms with Crippen LogP contribution in [0.15, 0.2) is 82.4 Å². The van der Waals surface area contributed by atoms with Gasteiger partial charge in [0.05, 0.1) is 17.7 Å². The van der Waals surface area contributed by atoms with Gasteiger partial charge < -0.3 is 0 Å². The van der Waals surface area contributed by atoms with Gasteiger partial charge in [-0.2, -0.15) is 22.8 Å². The summed E-state index contributed by atoms with van der Waals surface area (Å²) in [4.78, 5) is 26.7. The molecule has 5 rings (SSSR count). The van der Waals surface area contributed by atoms with E-state index in [4.69, 9.17) is 23.2 Å². The Labute approximate surface area is 211 Å². The van der Waals surface area contributed by atoms with Gasteiger partial charge in [0, 0.05) is 15.6 Å². The average Bonchev–Trinajstić information content (AvgIpc) is 3.23. The second-order valence-corrected chi connectivity index (χ2v) is 8.86. The highest BCUT2D eigenvalue weighted by Crippen LogP contribution is 2.34. The van der Waals surface area contributed by atoms with Crippen LogP contribution in [0.2, 0.25) is 10.0 Å². The molecule has 0 spiro atoms. The van der Waals surface area contributed by atoms with E-state index in [1.54, 1.807) is 48.5 Å². The van der Waals surface area contributed by atoms with Crippen LogP contribution in [0.25, 0.3) is 27.9 Å². The van der Waals surface area contributed by atoms with Gasteiger partial charge in [0.15, 0.2) is 5.65 Å². The van der Waals surface area contributed by atoms with Crippen molar-refractivity contribution >= 4 is 28.8 Å². The summed E-state index contributed by atoms with van der Waals surface area (Å²) in [5, 5.41) is 7.49. The van der Waals surface area contributed by atoms with Crippen molar-refractivity contribution in [2.75, 3.05) is 0 Å². The molecule has 1 N–H and O–H groups in total. The van der Waals surface area contributed by atoms with E-state index in [0.717, 1.165) is 21.3 Å². The van der Waals surface area contributed by atoms with Crippen molar-refractivity contribution in [1.82, 2.24) is 19.4 Å². The maximum absolute atomic E-state index is 13.9. The predicted molar refractivity (Wildman–Crippen MR) is 132 cm³/mol. The van der Waals surface area contributed by atoms with Crippen LogP contribution in [0.4, 0.5) is 13.2 Å². The molecule has 0 radical (unpaired) electrons. The summed E-state index contributed by atoms with van der Waals surface area (Å²) in [6, 6.07) is 17.7. The predicted octanol–water partition coefficient (Wildman–Crippen LogP) is 5.89. The van der Waals surface area contributed by atoms with Gasteiger partial charge in [-0.05, 0) is 53.1 Å². The Kier molecular flexibility index (Phi) is 5.97. The van der Waals surface area contributed by atoms with Crippen LogP contribution in [0.5, 0.6) is 0 Å². The number of halogens is 5. The molecule has 0 aliphatic carbocycles. The van der Waals surface area contributed by atoms with Gasteiger partial charge in [-0.3, -0.25) is 4.79 Å². The smallest absolute Gasteiger partial charge is 0.267 e. The standard InChI is InChI=1S/C25H15Cl2F3N4O2/c26-18-9-3-15(4-10-18)20-21(16-5-11-19(27)12-6-16)23(35)33(34-22(20)31-32-24(34)36)13-14-1-7-17(8-2-14)25(28,29)30/h1-12H,13H2,(H,32,36). The molecule has 0 aliphatic rings. The van der Waals surface area contributed by atoms with E-state index in [-0.39, 0.29) is 17.8 Å². The number of nitrogens with zero attached hydrogens (tertiary/aromatic N) is 3. The van der Waals surface area contributed by atoms with E-state index in [9.17, 15) is 22.8 Å². The molecule has 0 atom stereocenters. The molecule has 0 saturated heterocycles. The first-order valence-electron chi connectivity index (χ1n) is 10.6. The van der Waals surface area contributed by atoms with E-state index in [2.05, 4.69) is 10.2 Å². The van der Waals surface area contributed by atoms with E-state index in [0.29, 0.717) is 32.3 Å². The highest BCUT2D eigenvalue weighted by Gasteiger charge is 2.30. The van der Waals surface area contributed by atoms with Gasteiger partial charge in [-0.15, -0.1) is 0 Å². The molecule has 5 aromatic rings. The van der Waals surface area contributed by atoms with Gasteiger partial charge in [-0.25, -0.2) is 14.6 Å². The molecule has 0 fully saturated rings. The fourth-order valence-corrected chi connectivity index (χ4v) is 4.26. The summed E-state index contributed by atoms with van der Waals surface area (Å²) in [6.07, 6.45) is -4.49. The minimum atomic E-state index is -4.49. The number of benzene rings is 3. The number of rotatable bonds is 4. The van der Waals surface area contributed by atoms with Crippen molar-refractivity contribution in [3.05, 3.63) is 115 Å². The van der Waals surface area contributed by atoms with Crippen molar-refractivity contribution < 1.29 is 13.2 Å². The largest absolute Gasteiger partial charge is 0.416 e. The molecular weight excluding hydrogens is 516 g/mol. The Morgan fingerprint density at radius 3 is 1.83 bits per heavy atom. The van der Waals surface area contributed by atoms with E-state index in [1.165, 1.54) is 12.1 Å². The van der Waals surface area contributed by atoms with Crippen molar-refractivity contribution in [2.45, 2.75) is 12.7 Å². The van der Waals surface area contributed by atoms with E-state index >= 15 is 0 Å². The van der Waals surface area contributed by atoms with Crippen LogP contribution in [0, 0.1) is 0 Å². The van der Waals surface area contributed by atoms with Gasteiger partial charge in [-0.1, -0.05) is 59.6 Å². The van der Waals surface area contributed by atoms with Gasteiger partial charge in [0.25, 0.3) is 5.56 Å². The summed E-state index contributed by atoms with van der Waals surface area (Å²) in [5.41, 5.74) is 0.266. The van der Waals surface area contributed by atoms with Crippen LogP contribution in [0.1, 0.15) is 11.1 Å². The molecule has 182 valence electrons. The molecule has 0 aliphatic heterocycles. The SMILES string of the molecule is O=c1c(-c2ccc(Cl)cc2)c(-c2ccc(Cl)cc2)c2n[nH]c(=O)n2n1Cc1ccc(C(F)(F)F)cc1. The first-order valence-corrected chi connectivity index (χ1v) is 11.3. The number of fused-ring (bicyclic) bond motifs is 1. The summed E-state index contributed by atoms with van der Waals surface area (Å²) < 4.78 is 41.2. The Bertz CT molecular complexity index is 1690. The lowest BCUT2D eigenvalue weighted by atomic mass is 9.96. The van der Waals surface area contributed by atoms with Crippen LogP contribution in [-0.2, 0) is 12.7 Å². The fourth-order valence-electron chi connectivity index (χ4n) is 4.01. The molecule has 0 bridgehead atoms. The number of hydrogen-bond donors (Lipinski definition) is 1. The molecule has 6 nitrogen and oxygen atoms in total. The number of alkyl halides is 3. The number of aromatic nitrogens is 4. The number of hydrogen-bond acceptors (Lipinski definition) is 3. The molecule has 2 heterocycles. The third-order valence-corrected chi connectivity index (χ3v) is 6.20. The molecule has 0 amide bonds. The number of H-pyrrole nitrogens is 1. The van der Waals surface area contributed by atoms with Crippen LogP contribution in [-0.4, -0.2) is 19.4 Å². The molecule has 0 unspecified atom stereocenters. The summed E-state index contributed by atoms with van der Waals surface area (Å²) in [7, 11) is 0. The van der Waals surface area contributed by atoms with Gasteiger partial charge >= 0.3 is 11.9 Å². The highest BCUT2D eigenvalue weighted by molar-refractivity contribution is 6.31. The van der Waals surface area contributed by atoms with Crippen molar-refractivity contribution in [3.8, 4) is 22.3 Å². The highest BCUT2D eigenvalue weighted by atomic mass is 35.5. The Morgan fingerprint density at radius 2 is 1.31 bits per heavy atom. The lowest BCUT2D eigenvalue weighted by molar-refractivity contribution is -0.137. The Balaban J connectivity index is 1.79. The van der Waals surface area contributed by atoms with Crippen LogP contribution >= 0.6 is 23.2 Å². The third kappa shape index (κ3) is 4.31. The molecule has 2 aromatic heterocycles. The van der Waals surface area contributed by atoms with E-state index in [1.807, 2.05) is 0 Å². The number of aromatic amines is 1.